The number of halogens is 1. The zero-order valence-electron chi connectivity index (χ0n) is 9.77. The van der Waals surface area contributed by atoms with Crippen LogP contribution < -0.4 is 0 Å². The standard InChI is InChI=1S/C15H16ClN/c16-13-7-5-12(6-8-13)15-11-3-1-10(2-4-11)14(15)9-17/h5-8,10-11,14-15H,1-4H2/t10?,11?,14-,15+/m0/s1. The van der Waals surface area contributed by atoms with Crippen LogP contribution in [-0.4, -0.2) is 0 Å². The van der Waals surface area contributed by atoms with E-state index in [0.717, 1.165) is 5.02 Å². The lowest BCUT2D eigenvalue weighted by atomic mass is 9.57. The Morgan fingerprint density at radius 2 is 1.59 bits per heavy atom. The third kappa shape index (κ3) is 1.85. The van der Waals surface area contributed by atoms with Crippen LogP contribution in [0.4, 0.5) is 0 Å². The van der Waals surface area contributed by atoms with Crippen molar-refractivity contribution < 1.29 is 0 Å². The van der Waals surface area contributed by atoms with Crippen LogP contribution in [0.15, 0.2) is 24.3 Å². The Labute approximate surface area is 107 Å². The molecule has 1 aromatic rings. The van der Waals surface area contributed by atoms with Crippen LogP contribution in [0.25, 0.3) is 0 Å². The van der Waals surface area contributed by atoms with Crippen molar-refractivity contribution in [2.24, 2.45) is 17.8 Å². The molecule has 0 amide bonds. The second-order valence-corrected chi connectivity index (χ2v) is 5.84. The van der Waals surface area contributed by atoms with Gasteiger partial charge in [-0.05, 0) is 55.2 Å². The number of hydrogen-bond acceptors (Lipinski definition) is 1. The molecule has 0 aliphatic heterocycles. The number of hydrogen-bond donors (Lipinski definition) is 0. The van der Waals surface area contributed by atoms with E-state index in [1.165, 1.54) is 31.2 Å². The first-order valence-corrected chi connectivity index (χ1v) is 6.82. The molecule has 0 unspecified atom stereocenters. The summed E-state index contributed by atoms with van der Waals surface area (Å²) in [5, 5.41) is 10.2. The Morgan fingerprint density at radius 3 is 2.18 bits per heavy atom. The van der Waals surface area contributed by atoms with E-state index in [-0.39, 0.29) is 5.92 Å². The first-order chi connectivity index (χ1) is 8.29. The highest BCUT2D eigenvalue weighted by Crippen LogP contribution is 2.53. The van der Waals surface area contributed by atoms with Gasteiger partial charge < -0.3 is 0 Å². The molecule has 1 aromatic carbocycles. The molecule has 1 nitrogen and oxygen atoms in total. The monoisotopic (exact) mass is 245 g/mol. The number of benzene rings is 1. The molecule has 2 heteroatoms. The first kappa shape index (κ1) is 11.1. The molecule has 17 heavy (non-hydrogen) atoms. The topological polar surface area (TPSA) is 23.8 Å². The maximum Gasteiger partial charge on any atom is 0.0665 e. The van der Waals surface area contributed by atoms with Crippen LogP contribution in [0.5, 0.6) is 0 Å². The SMILES string of the molecule is N#C[C@H]1C2CCC(CC2)[C@@H]1c1ccc(Cl)cc1. The summed E-state index contributed by atoms with van der Waals surface area (Å²) < 4.78 is 0. The van der Waals surface area contributed by atoms with Gasteiger partial charge in [0.15, 0.2) is 0 Å². The highest BCUT2D eigenvalue weighted by atomic mass is 35.5. The first-order valence-electron chi connectivity index (χ1n) is 6.44. The predicted molar refractivity (Wildman–Crippen MR) is 68.7 cm³/mol. The summed E-state index contributed by atoms with van der Waals surface area (Å²) in [6.07, 6.45) is 5.12. The van der Waals surface area contributed by atoms with Crippen molar-refractivity contribution >= 4 is 11.6 Å². The Hall–Kier alpha value is -1.00. The molecule has 0 aromatic heterocycles. The molecular formula is C15H16ClN. The number of nitrogens with zero attached hydrogens (tertiary/aromatic N) is 1. The fourth-order valence-corrected chi connectivity index (χ4v) is 3.93. The summed E-state index contributed by atoms with van der Waals surface area (Å²) in [5.41, 5.74) is 1.32. The van der Waals surface area contributed by atoms with Gasteiger partial charge in [0.1, 0.15) is 0 Å². The van der Waals surface area contributed by atoms with Crippen molar-refractivity contribution in [2.45, 2.75) is 31.6 Å². The fourth-order valence-electron chi connectivity index (χ4n) is 3.80. The molecule has 3 aliphatic rings. The van der Waals surface area contributed by atoms with Gasteiger partial charge in [-0.1, -0.05) is 23.7 Å². The normalized spacial score (nSPS) is 35.5. The van der Waals surface area contributed by atoms with E-state index in [1.54, 1.807) is 0 Å². The van der Waals surface area contributed by atoms with E-state index in [0.29, 0.717) is 17.8 Å². The molecule has 2 bridgehead atoms. The summed E-state index contributed by atoms with van der Waals surface area (Å²) in [6.45, 7) is 0. The van der Waals surface area contributed by atoms with Gasteiger partial charge in [-0.2, -0.15) is 5.26 Å². The minimum Gasteiger partial charge on any atom is -0.198 e. The summed E-state index contributed by atoms with van der Waals surface area (Å²) in [5.74, 6) is 2.02. The molecule has 0 N–H and O–H groups in total. The van der Waals surface area contributed by atoms with Gasteiger partial charge in [0.05, 0.1) is 12.0 Å². The zero-order valence-corrected chi connectivity index (χ0v) is 10.5. The molecule has 2 atom stereocenters. The fraction of sp³-hybridized carbons (Fsp3) is 0.533. The summed E-state index contributed by atoms with van der Waals surface area (Å²) in [6, 6.07) is 10.7. The van der Waals surface area contributed by atoms with Gasteiger partial charge in [0.25, 0.3) is 0 Å². The Balaban J connectivity index is 1.95. The Kier molecular flexibility index (Phi) is 2.84. The van der Waals surface area contributed by atoms with Gasteiger partial charge in [0.2, 0.25) is 0 Å². The largest absolute Gasteiger partial charge is 0.198 e. The van der Waals surface area contributed by atoms with Crippen LogP contribution in [0.3, 0.4) is 0 Å². The average Bonchev–Trinajstić information content (AvgIpc) is 2.40. The molecule has 88 valence electrons. The summed E-state index contributed by atoms with van der Waals surface area (Å²) >= 11 is 5.93. The highest BCUT2D eigenvalue weighted by molar-refractivity contribution is 6.30. The van der Waals surface area contributed by atoms with Crippen LogP contribution >= 0.6 is 11.6 Å². The minimum absolute atomic E-state index is 0.226. The van der Waals surface area contributed by atoms with E-state index in [4.69, 9.17) is 11.6 Å². The zero-order chi connectivity index (χ0) is 11.8. The molecule has 0 radical (unpaired) electrons. The molecular weight excluding hydrogens is 230 g/mol. The molecule has 3 fully saturated rings. The van der Waals surface area contributed by atoms with Gasteiger partial charge >= 0.3 is 0 Å². The quantitative estimate of drug-likeness (QED) is 0.720. The van der Waals surface area contributed by atoms with Gasteiger partial charge in [-0.25, -0.2) is 0 Å². The smallest absolute Gasteiger partial charge is 0.0665 e. The molecule has 4 rings (SSSR count). The number of nitriles is 1. The van der Waals surface area contributed by atoms with Crippen LogP contribution in [0.1, 0.15) is 37.2 Å². The second kappa shape index (κ2) is 4.35. The number of fused-ring (bicyclic) bond motifs is 3. The lowest BCUT2D eigenvalue weighted by molar-refractivity contribution is 0.100. The molecule has 0 heterocycles. The van der Waals surface area contributed by atoms with Crippen molar-refractivity contribution in [1.29, 1.82) is 5.26 Å². The van der Waals surface area contributed by atoms with E-state index in [1.807, 2.05) is 12.1 Å². The third-order valence-electron chi connectivity index (χ3n) is 4.62. The minimum atomic E-state index is 0.226. The summed E-state index contributed by atoms with van der Waals surface area (Å²) in [7, 11) is 0. The van der Waals surface area contributed by atoms with Crippen molar-refractivity contribution in [3.05, 3.63) is 34.9 Å². The van der Waals surface area contributed by atoms with Crippen molar-refractivity contribution in [3.63, 3.8) is 0 Å². The molecule has 3 saturated carbocycles. The third-order valence-corrected chi connectivity index (χ3v) is 4.88. The molecule has 0 spiro atoms. The van der Waals surface area contributed by atoms with E-state index in [9.17, 15) is 5.26 Å². The van der Waals surface area contributed by atoms with Gasteiger partial charge in [-0.15, -0.1) is 0 Å². The van der Waals surface area contributed by atoms with Crippen LogP contribution in [0.2, 0.25) is 5.02 Å². The van der Waals surface area contributed by atoms with E-state index < -0.39 is 0 Å². The molecule has 3 aliphatic carbocycles. The lowest BCUT2D eigenvalue weighted by Crippen LogP contribution is -2.37. The summed E-state index contributed by atoms with van der Waals surface area (Å²) in [4.78, 5) is 0. The number of rotatable bonds is 1. The molecule has 0 saturated heterocycles. The highest BCUT2D eigenvalue weighted by Gasteiger charge is 2.44. The van der Waals surface area contributed by atoms with Crippen molar-refractivity contribution in [1.82, 2.24) is 0 Å². The average molecular weight is 246 g/mol. The van der Waals surface area contributed by atoms with Crippen molar-refractivity contribution in [2.75, 3.05) is 0 Å². The maximum absolute atomic E-state index is 9.42. The van der Waals surface area contributed by atoms with Crippen LogP contribution in [0, 0.1) is 29.1 Å². The van der Waals surface area contributed by atoms with E-state index in [2.05, 4.69) is 18.2 Å². The van der Waals surface area contributed by atoms with E-state index >= 15 is 0 Å². The van der Waals surface area contributed by atoms with Crippen LogP contribution in [-0.2, 0) is 0 Å². The van der Waals surface area contributed by atoms with Gasteiger partial charge in [0, 0.05) is 10.9 Å². The second-order valence-electron chi connectivity index (χ2n) is 5.41. The Bertz CT molecular complexity index is 437. The predicted octanol–water partition coefficient (Wildman–Crippen LogP) is 4.38. The Morgan fingerprint density at radius 1 is 1.00 bits per heavy atom. The van der Waals surface area contributed by atoms with Gasteiger partial charge in [-0.3, -0.25) is 0 Å². The lowest BCUT2D eigenvalue weighted by Gasteiger charge is -2.46. The van der Waals surface area contributed by atoms with Crippen molar-refractivity contribution in [3.8, 4) is 6.07 Å². The maximum atomic E-state index is 9.42.